The van der Waals surface area contributed by atoms with Crippen LogP contribution in [-0.4, -0.2) is 40.3 Å². The molecule has 0 fully saturated rings. The Morgan fingerprint density at radius 1 is 1.61 bits per heavy atom. The van der Waals surface area contributed by atoms with E-state index < -0.39 is 11.7 Å². The van der Waals surface area contributed by atoms with Crippen LogP contribution < -0.4 is 0 Å². The van der Waals surface area contributed by atoms with Gasteiger partial charge in [0.05, 0.1) is 0 Å². The monoisotopic (exact) mass is 272 g/mol. The van der Waals surface area contributed by atoms with Gasteiger partial charge in [0.1, 0.15) is 16.7 Å². The zero-order chi connectivity index (χ0) is 13.8. The van der Waals surface area contributed by atoms with Gasteiger partial charge in [0.25, 0.3) is 0 Å². The van der Waals surface area contributed by atoms with Gasteiger partial charge in [0.15, 0.2) is 0 Å². The topological polar surface area (TPSA) is 62.7 Å². The molecule has 1 unspecified atom stereocenters. The van der Waals surface area contributed by atoms with E-state index in [1.165, 1.54) is 16.2 Å². The number of amides is 1. The molecule has 102 valence electrons. The van der Waals surface area contributed by atoms with Gasteiger partial charge >= 0.3 is 6.09 Å². The first-order chi connectivity index (χ1) is 8.29. The van der Waals surface area contributed by atoms with Crippen LogP contribution in [-0.2, 0) is 4.74 Å². The molecule has 1 atom stereocenters. The molecule has 1 N–H and O–H groups in total. The number of nitrogens with zero attached hydrogens (tertiary/aromatic N) is 2. The van der Waals surface area contributed by atoms with Crippen LogP contribution in [0, 0.1) is 0 Å². The van der Waals surface area contributed by atoms with Crippen LogP contribution in [0.15, 0.2) is 11.6 Å². The molecule has 1 amide bonds. The van der Waals surface area contributed by atoms with Crippen LogP contribution in [0.2, 0.25) is 0 Å². The van der Waals surface area contributed by atoms with E-state index in [2.05, 4.69) is 4.98 Å². The van der Waals surface area contributed by atoms with Gasteiger partial charge in [-0.05, 0) is 27.2 Å². The number of hydrogen-bond acceptors (Lipinski definition) is 5. The van der Waals surface area contributed by atoms with Crippen molar-refractivity contribution in [2.75, 3.05) is 13.6 Å². The maximum atomic E-state index is 11.7. The molecule has 0 saturated carbocycles. The Hall–Kier alpha value is -1.14. The number of hydrogen-bond donors (Lipinski definition) is 1. The first kappa shape index (κ1) is 14.9. The lowest BCUT2D eigenvalue weighted by Crippen LogP contribution is -2.35. The lowest BCUT2D eigenvalue weighted by molar-refractivity contribution is 0.0273. The zero-order valence-corrected chi connectivity index (χ0v) is 12.0. The molecular formula is C12H20N2O3S. The van der Waals surface area contributed by atoms with E-state index in [1.54, 1.807) is 13.2 Å². The fraction of sp³-hybridized carbons (Fsp3) is 0.667. The standard InChI is InChI=1S/C12H20N2O3S/c1-12(2,3)17-11(16)14(4)7-5-9(15)10-13-6-8-18-10/h6,8-9,15H,5,7H2,1-4H3. The van der Waals surface area contributed by atoms with E-state index in [0.29, 0.717) is 18.0 Å². The Labute approximate surface area is 111 Å². The Kier molecular flexibility index (Phi) is 5.10. The van der Waals surface area contributed by atoms with E-state index in [4.69, 9.17) is 4.74 Å². The molecule has 1 heterocycles. The zero-order valence-electron chi connectivity index (χ0n) is 11.2. The van der Waals surface area contributed by atoms with Crippen LogP contribution in [0.1, 0.15) is 38.3 Å². The van der Waals surface area contributed by atoms with Crippen LogP contribution in [0.5, 0.6) is 0 Å². The van der Waals surface area contributed by atoms with Gasteiger partial charge in [0, 0.05) is 25.2 Å². The maximum Gasteiger partial charge on any atom is 0.410 e. The first-order valence-electron chi connectivity index (χ1n) is 5.81. The van der Waals surface area contributed by atoms with Gasteiger partial charge in [-0.3, -0.25) is 0 Å². The smallest absolute Gasteiger partial charge is 0.410 e. The SMILES string of the molecule is CN(CCC(O)c1nccs1)C(=O)OC(C)(C)C. The largest absolute Gasteiger partial charge is 0.444 e. The Morgan fingerprint density at radius 2 is 2.28 bits per heavy atom. The molecule has 0 saturated heterocycles. The minimum absolute atomic E-state index is 0.381. The molecule has 0 aliphatic heterocycles. The summed E-state index contributed by atoms with van der Waals surface area (Å²) >= 11 is 1.41. The van der Waals surface area contributed by atoms with Gasteiger partial charge in [0.2, 0.25) is 0 Å². The van der Waals surface area contributed by atoms with Crippen molar-refractivity contribution in [3.05, 3.63) is 16.6 Å². The number of rotatable bonds is 4. The average Bonchev–Trinajstić information content (AvgIpc) is 2.76. The number of ether oxygens (including phenoxy) is 1. The summed E-state index contributed by atoms with van der Waals surface area (Å²) in [4.78, 5) is 17.2. The predicted octanol–water partition coefficient (Wildman–Crippen LogP) is 2.43. The van der Waals surface area contributed by atoms with E-state index in [0.717, 1.165) is 0 Å². The fourth-order valence-electron chi connectivity index (χ4n) is 1.27. The number of aliphatic hydroxyl groups is 1. The van der Waals surface area contributed by atoms with E-state index in [9.17, 15) is 9.90 Å². The molecule has 5 nitrogen and oxygen atoms in total. The molecule has 0 aliphatic rings. The highest BCUT2D eigenvalue weighted by Gasteiger charge is 2.20. The molecule has 0 aromatic carbocycles. The van der Waals surface area contributed by atoms with Crippen LogP contribution >= 0.6 is 11.3 Å². The van der Waals surface area contributed by atoms with Gasteiger partial charge in [-0.1, -0.05) is 0 Å². The molecule has 6 heteroatoms. The number of aliphatic hydroxyl groups excluding tert-OH is 1. The minimum atomic E-state index is -0.630. The second kappa shape index (κ2) is 6.15. The van der Waals surface area contributed by atoms with Crippen molar-refractivity contribution in [2.24, 2.45) is 0 Å². The summed E-state index contributed by atoms with van der Waals surface area (Å²) in [6, 6.07) is 0. The molecular weight excluding hydrogens is 252 g/mol. The van der Waals surface area contributed by atoms with Crippen molar-refractivity contribution in [1.29, 1.82) is 0 Å². The Balaban J connectivity index is 2.37. The lowest BCUT2D eigenvalue weighted by atomic mass is 10.2. The van der Waals surface area contributed by atoms with E-state index >= 15 is 0 Å². The molecule has 0 spiro atoms. The molecule has 1 aromatic rings. The fourth-order valence-corrected chi connectivity index (χ4v) is 1.93. The van der Waals surface area contributed by atoms with Crippen molar-refractivity contribution in [3.8, 4) is 0 Å². The second-order valence-electron chi connectivity index (χ2n) is 5.08. The Bertz CT molecular complexity index is 373. The third kappa shape index (κ3) is 5.01. The third-order valence-corrected chi connectivity index (χ3v) is 3.06. The van der Waals surface area contributed by atoms with Gasteiger partial charge < -0.3 is 14.7 Å². The summed E-state index contributed by atoms with van der Waals surface area (Å²) in [6.07, 6.45) is 1.09. The van der Waals surface area contributed by atoms with Crippen molar-refractivity contribution >= 4 is 17.4 Å². The quantitative estimate of drug-likeness (QED) is 0.914. The molecule has 0 bridgehead atoms. The summed E-state index contributed by atoms with van der Waals surface area (Å²) in [5.74, 6) is 0. The lowest BCUT2D eigenvalue weighted by Gasteiger charge is -2.25. The highest BCUT2D eigenvalue weighted by atomic mass is 32.1. The van der Waals surface area contributed by atoms with Crippen LogP contribution in [0.4, 0.5) is 4.79 Å². The van der Waals surface area contributed by atoms with E-state index in [1.807, 2.05) is 26.2 Å². The molecule has 0 radical (unpaired) electrons. The summed E-state index contributed by atoms with van der Waals surface area (Å²) in [7, 11) is 1.66. The summed E-state index contributed by atoms with van der Waals surface area (Å²) < 4.78 is 5.21. The highest BCUT2D eigenvalue weighted by Crippen LogP contribution is 2.19. The van der Waals surface area contributed by atoms with Crippen molar-refractivity contribution in [2.45, 2.75) is 38.9 Å². The minimum Gasteiger partial charge on any atom is -0.444 e. The van der Waals surface area contributed by atoms with Crippen molar-refractivity contribution < 1.29 is 14.6 Å². The second-order valence-corrected chi connectivity index (χ2v) is 6.00. The van der Waals surface area contributed by atoms with Gasteiger partial charge in [-0.15, -0.1) is 11.3 Å². The third-order valence-electron chi connectivity index (χ3n) is 2.18. The molecule has 1 rings (SSSR count). The van der Waals surface area contributed by atoms with Crippen molar-refractivity contribution in [3.63, 3.8) is 0 Å². The number of carbonyl (C=O) groups is 1. The predicted molar refractivity (Wildman–Crippen MR) is 70.6 cm³/mol. The number of thiazole rings is 1. The summed E-state index contributed by atoms with van der Waals surface area (Å²) in [5, 5.41) is 12.3. The summed E-state index contributed by atoms with van der Waals surface area (Å²) in [5.41, 5.74) is -0.501. The number of aromatic nitrogens is 1. The highest BCUT2D eigenvalue weighted by molar-refractivity contribution is 7.09. The van der Waals surface area contributed by atoms with Crippen LogP contribution in [0.25, 0.3) is 0 Å². The van der Waals surface area contributed by atoms with Crippen LogP contribution in [0.3, 0.4) is 0 Å². The molecule has 1 aromatic heterocycles. The average molecular weight is 272 g/mol. The normalized spacial score (nSPS) is 13.2. The van der Waals surface area contributed by atoms with Crippen molar-refractivity contribution in [1.82, 2.24) is 9.88 Å². The Morgan fingerprint density at radius 3 is 2.78 bits per heavy atom. The molecule has 18 heavy (non-hydrogen) atoms. The first-order valence-corrected chi connectivity index (χ1v) is 6.69. The van der Waals surface area contributed by atoms with Gasteiger partial charge in [-0.2, -0.15) is 0 Å². The number of carbonyl (C=O) groups excluding carboxylic acids is 1. The van der Waals surface area contributed by atoms with E-state index in [-0.39, 0.29) is 6.09 Å². The summed E-state index contributed by atoms with van der Waals surface area (Å²) in [6.45, 7) is 5.89. The maximum absolute atomic E-state index is 11.7. The molecule has 0 aliphatic carbocycles. The van der Waals surface area contributed by atoms with Gasteiger partial charge in [-0.25, -0.2) is 9.78 Å².